The second kappa shape index (κ2) is 21.0. The van der Waals surface area contributed by atoms with Gasteiger partial charge in [-0.05, 0) is 95.5 Å². The first-order chi connectivity index (χ1) is 27.0. The summed E-state index contributed by atoms with van der Waals surface area (Å²) in [5.41, 5.74) is 1.61. The summed E-state index contributed by atoms with van der Waals surface area (Å²) >= 11 is 0. The number of piperidine rings is 1. The third-order valence-electron chi connectivity index (χ3n) is 12.9. The number of carbonyl (C=O) groups is 4. The number of carbonyl (C=O) groups excluding carboxylic acids is 4. The van der Waals surface area contributed by atoms with E-state index in [-0.39, 0.29) is 49.5 Å². The lowest BCUT2D eigenvalue weighted by Gasteiger charge is -2.47. The number of aliphatic hydroxyl groups is 3. The van der Waals surface area contributed by atoms with Crippen LogP contribution in [0.5, 0.6) is 0 Å². The average molecular weight is 804 g/mol. The van der Waals surface area contributed by atoms with Crippen LogP contribution < -0.4 is 0 Å². The number of esters is 1. The minimum absolute atomic E-state index is 0.00988. The normalized spacial score (nSPS) is 41.0. The zero-order valence-electron chi connectivity index (χ0n) is 35.4. The molecule has 1 saturated carbocycles. The maximum absolute atomic E-state index is 14.3. The minimum Gasteiger partial charge on any atom is -0.456 e. The molecular weight excluding hydrogens is 734 g/mol. The molecule has 57 heavy (non-hydrogen) atoms. The number of aliphatic hydroxyl groups excluding tert-OH is 2. The van der Waals surface area contributed by atoms with Crippen LogP contribution in [0.2, 0.25) is 0 Å². The number of ether oxygens (including phenoxy) is 5. The Balaban J connectivity index is 1.78. The first-order valence-electron chi connectivity index (χ1n) is 20.9. The number of rotatable bonds is 7. The van der Waals surface area contributed by atoms with Crippen molar-refractivity contribution in [3.8, 4) is 0 Å². The van der Waals surface area contributed by atoms with E-state index in [0.29, 0.717) is 56.9 Å². The fraction of sp³-hybridized carbons (Fsp3) is 0.773. The fourth-order valence-corrected chi connectivity index (χ4v) is 9.42. The Hall–Kier alpha value is -2.78. The van der Waals surface area contributed by atoms with Gasteiger partial charge >= 0.3 is 5.97 Å². The van der Waals surface area contributed by atoms with Crippen molar-refractivity contribution >= 4 is 23.4 Å². The standard InChI is InChI=1S/C44H69NO12/c1-10-13-31-19-25(2)18-26(3)20-37(54-8)40-38(55-9)22-28(5)44(52,57-40)41(49)42(50)45-17-12-11-14-32(45)43(51)56-39(29(6)34(47)24-35(31)48)27(4)21-30-15-16-33(46)36(23-30)53-7/h10,19,21,26,28-34,36-40,46-47,52H,1,11-18,20,22-24H2,2-9H3/b25-19+,27-21+/t26-,28+,29?,30-,31+,32+,33+,34?,36+,37?,38-,39?,40-,44-/m0/s1. The number of hydrogen-bond donors (Lipinski definition) is 3. The number of methoxy groups -OCH3 is 3. The largest absolute Gasteiger partial charge is 0.456 e. The summed E-state index contributed by atoms with van der Waals surface area (Å²) in [4.78, 5) is 57.8. The lowest BCUT2D eigenvalue weighted by Crippen LogP contribution is -2.64. The van der Waals surface area contributed by atoms with E-state index in [1.54, 1.807) is 27.0 Å². The molecule has 4 aliphatic rings. The van der Waals surface area contributed by atoms with Crippen LogP contribution in [-0.4, -0.2) is 126 Å². The Kier molecular flexibility index (Phi) is 17.2. The van der Waals surface area contributed by atoms with Gasteiger partial charge < -0.3 is 43.9 Å². The lowest BCUT2D eigenvalue weighted by atomic mass is 9.81. The molecule has 3 aliphatic heterocycles. The Morgan fingerprint density at radius 2 is 1.60 bits per heavy atom. The molecule has 1 amide bonds. The van der Waals surface area contributed by atoms with Gasteiger partial charge in [-0.2, -0.15) is 0 Å². The van der Waals surface area contributed by atoms with Crippen LogP contribution in [0, 0.1) is 29.6 Å². The summed E-state index contributed by atoms with van der Waals surface area (Å²) in [6.07, 6.45) is 4.93. The van der Waals surface area contributed by atoms with Crippen molar-refractivity contribution in [2.45, 2.75) is 160 Å². The van der Waals surface area contributed by atoms with Gasteiger partial charge in [0.1, 0.15) is 24.0 Å². The Morgan fingerprint density at radius 1 is 0.930 bits per heavy atom. The highest BCUT2D eigenvalue weighted by molar-refractivity contribution is 6.39. The number of amides is 1. The van der Waals surface area contributed by atoms with E-state index in [2.05, 4.69) is 6.58 Å². The lowest BCUT2D eigenvalue weighted by molar-refractivity contribution is -0.302. The summed E-state index contributed by atoms with van der Waals surface area (Å²) in [7, 11) is 4.61. The van der Waals surface area contributed by atoms with Gasteiger partial charge in [0, 0.05) is 52.0 Å². The van der Waals surface area contributed by atoms with Crippen LogP contribution in [0.15, 0.2) is 36.0 Å². The minimum atomic E-state index is -2.51. The van der Waals surface area contributed by atoms with Crippen LogP contribution in [0.4, 0.5) is 0 Å². The molecule has 3 heterocycles. The average Bonchev–Trinajstić information content (AvgIpc) is 3.18. The summed E-state index contributed by atoms with van der Waals surface area (Å²) < 4.78 is 29.7. The molecule has 1 aliphatic carbocycles. The number of cyclic esters (lactones) is 1. The molecule has 13 nitrogen and oxygen atoms in total. The Bertz CT molecular complexity index is 1480. The van der Waals surface area contributed by atoms with Crippen molar-refractivity contribution in [1.29, 1.82) is 0 Å². The number of ketones is 2. The first kappa shape index (κ1) is 46.9. The zero-order chi connectivity index (χ0) is 42.2. The molecule has 3 N–H and O–H groups in total. The van der Waals surface area contributed by atoms with E-state index in [1.807, 2.05) is 32.9 Å². The van der Waals surface area contributed by atoms with E-state index >= 15 is 0 Å². The predicted molar refractivity (Wildman–Crippen MR) is 213 cm³/mol. The van der Waals surface area contributed by atoms with Gasteiger partial charge in [-0.15, -0.1) is 6.58 Å². The quantitative estimate of drug-likeness (QED) is 0.185. The van der Waals surface area contributed by atoms with Gasteiger partial charge in [0.25, 0.3) is 11.7 Å². The maximum Gasteiger partial charge on any atom is 0.329 e. The van der Waals surface area contributed by atoms with Crippen molar-refractivity contribution in [2.75, 3.05) is 27.9 Å². The maximum atomic E-state index is 14.3. The molecule has 0 aromatic carbocycles. The SMILES string of the molecule is C=CC[C@@H]1/C=C(\C)C[C@H](C)CC(OC)[C@@H]2O[C@](O)(C(=O)C(=O)N3CCCC[C@@H]3C(=O)OC(/C(C)=C/[C@@H]3CC[C@@H](O)[C@H](OC)C3)C(C)C(O)CC1=O)[C@H](C)C[C@@H]2OC. The number of nitrogens with zero attached hydrogens (tertiary/aromatic N) is 1. The van der Waals surface area contributed by atoms with Crippen LogP contribution in [-0.2, 0) is 42.9 Å². The second-order valence-corrected chi connectivity index (χ2v) is 17.3. The van der Waals surface area contributed by atoms with Crippen molar-refractivity contribution in [2.24, 2.45) is 29.6 Å². The molecule has 322 valence electrons. The van der Waals surface area contributed by atoms with Crippen LogP contribution >= 0.6 is 0 Å². The number of fused-ring (bicyclic) bond motifs is 3. The molecule has 4 rings (SSSR count). The highest BCUT2D eigenvalue weighted by Gasteiger charge is 2.56. The topological polar surface area (TPSA) is 178 Å². The zero-order valence-corrected chi connectivity index (χ0v) is 35.4. The molecule has 0 spiro atoms. The van der Waals surface area contributed by atoms with Gasteiger partial charge in [-0.3, -0.25) is 14.4 Å². The van der Waals surface area contributed by atoms with Crippen molar-refractivity contribution in [1.82, 2.24) is 4.90 Å². The van der Waals surface area contributed by atoms with Crippen molar-refractivity contribution < 1.29 is 58.2 Å². The van der Waals surface area contributed by atoms with Crippen molar-refractivity contribution in [3.05, 3.63) is 36.0 Å². The highest BCUT2D eigenvalue weighted by Crippen LogP contribution is 2.39. The molecule has 14 atom stereocenters. The van der Waals surface area contributed by atoms with E-state index in [0.717, 1.165) is 5.57 Å². The van der Waals surface area contributed by atoms with Crippen LogP contribution in [0.1, 0.15) is 105 Å². The van der Waals surface area contributed by atoms with Crippen LogP contribution in [0.25, 0.3) is 0 Å². The second-order valence-electron chi connectivity index (χ2n) is 17.3. The summed E-state index contributed by atoms with van der Waals surface area (Å²) in [6, 6.07) is -1.14. The highest BCUT2D eigenvalue weighted by atomic mass is 16.7. The van der Waals surface area contributed by atoms with E-state index in [1.165, 1.54) is 19.1 Å². The third-order valence-corrected chi connectivity index (χ3v) is 12.9. The van der Waals surface area contributed by atoms with Gasteiger partial charge in [-0.25, -0.2) is 4.79 Å². The van der Waals surface area contributed by atoms with Gasteiger partial charge in [0.05, 0.1) is 30.5 Å². The van der Waals surface area contributed by atoms with Gasteiger partial charge in [0.2, 0.25) is 5.79 Å². The molecule has 4 unspecified atom stereocenters. The summed E-state index contributed by atoms with van der Waals surface area (Å²) in [6.45, 7) is 13.1. The third kappa shape index (κ3) is 11.3. The van der Waals surface area contributed by atoms with E-state index in [9.17, 15) is 34.5 Å². The predicted octanol–water partition coefficient (Wildman–Crippen LogP) is 4.64. The van der Waals surface area contributed by atoms with Crippen molar-refractivity contribution in [3.63, 3.8) is 0 Å². The van der Waals surface area contributed by atoms with Crippen LogP contribution in [0.3, 0.4) is 0 Å². The molecule has 0 radical (unpaired) electrons. The summed E-state index contributed by atoms with van der Waals surface area (Å²) in [5.74, 6) is -7.76. The molecule has 13 heteroatoms. The van der Waals surface area contributed by atoms with Gasteiger partial charge in [0.15, 0.2) is 0 Å². The van der Waals surface area contributed by atoms with E-state index < -0.39 is 83.9 Å². The number of allylic oxidation sites excluding steroid dienone is 4. The molecule has 2 saturated heterocycles. The fourth-order valence-electron chi connectivity index (χ4n) is 9.42. The number of hydrogen-bond acceptors (Lipinski definition) is 12. The smallest absolute Gasteiger partial charge is 0.329 e. The molecule has 0 aromatic heterocycles. The monoisotopic (exact) mass is 803 g/mol. The Labute approximate surface area is 339 Å². The first-order valence-corrected chi connectivity index (χ1v) is 20.9. The molecular formula is C44H69NO12. The Morgan fingerprint density at radius 3 is 2.25 bits per heavy atom. The molecule has 0 aromatic rings. The summed E-state index contributed by atoms with van der Waals surface area (Å²) in [5, 5.41) is 34.1. The molecule has 2 bridgehead atoms. The van der Waals surface area contributed by atoms with Gasteiger partial charge in [-0.1, -0.05) is 44.6 Å². The number of Topliss-reactive ketones (excluding diaryl/α,β-unsaturated/α-hetero) is 2. The van der Waals surface area contributed by atoms with E-state index in [4.69, 9.17) is 23.7 Å². The molecule has 3 fully saturated rings.